The Balaban J connectivity index is 1.62. The minimum atomic E-state index is 0.704. The Morgan fingerprint density at radius 1 is 0.943 bits per heavy atom. The summed E-state index contributed by atoms with van der Waals surface area (Å²) < 4.78 is 2.26. The van der Waals surface area contributed by atoms with Crippen LogP contribution in [-0.2, 0) is 6.54 Å². The Bertz CT molecular complexity index is 1470. The van der Waals surface area contributed by atoms with E-state index in [1.54, 1.807) is 0 Å². The van der Waals surface area contributed by atoms with Crippen molar-refractivity contribution in [3.05, 3.63) is 89.1 Å². The van der Waals surface area contributed by atoms with E-state index in [4.69, 9.17) is 21.6 Å². The third-order valence-corrected chi connectivity index (χ3v) is 6.52. The van der Waals surface area contributed by atoms with Crippen LogP contribution in [0.3, 0.4) is 0 Å². The van der Waals surface area contributed by atoms with Gasteiger partial charge in [0.2, 0.25) is 0 Å². The Kier molecular flexibility index (Phi) is 6.71. The Labute approximate surface area is 211 Å². The second kappa shape index (κ2) is 10.1. The lowest BCUT2D eigenvalue weighted by molar-refractivity contribution is 0.405. The number of hydrogen-bond acceptors (Lipinski definition) is 4. The van der Waals surface area contributed by atoms with Crippen molar-refractivity contribution in [2.45, 2.75) is 19.9 Å². The van der Waals surface area contributed by atoms with Crippen molar-refractivity contribution in [2.75, 3.05) is 32.5 Å². The molecule has 0 aliphatic carbocycles. The molecule has 0 amide bonds. The number of fused-ring (bicyclic) bond motifs is 2. The highest BCUT2D eigenvalue weighted by atomic mass is 35.5. The van der Waals surface area contributed by atoms with Gasteiger partial charge < -0.3 is 14.8 Å². The molecule has 0 fully saturated rings. The molecular formula is C29H30ClN5. The van der Waals surface area contributed by atoms with E-state index in [9.17, 15) is 0 Å². The highest BCUT2D eigenvalue weighted by Gasteiger charge is 2.17. The summed E-state index contributed by atoms with van der Waals surface area (Å²) in [6, 6.07) is 22.8. The highest BCUT2D eigenvalue weighted by molar-refractivity contribution is 6.31. The van der Waals surface area contributed by atoms with Gasteiger partial charge in [0.05, 0.1) is 5.52 Å². The van der Waals surface area contributed by atoms with E-state index >= 15 is 0 Å². The van der Waals surface area contributed by atoms with Crippen LogP contribution in [-0.4, -0.2) is 46.6 Å². The van der Waals surface area contributed by atoms with Gasteiger partial charge in [-0.2, -0.15) is 0 Å². The smallest absolute Gasteiger partial charge is 0.164 e. The normalized spacial score (nSPS) is 11.6. The number of anilines is 1. The van der Waals surface area contributed by atoms with Crippen LogP contribution in [0.25, 0.3) is 33.2 Å². The van der Waals surface area contributed by atoms with E-state index < -0.39 is 0 Å². The molecule has 0 aliphatic rings. The molecule has 0 saturated carbocycles. The largest absolute Gasteiger partial charge is 0.369 e. The maximum atomic E-state index is 6.44. The first kappa shape index (κ1) is 23.3. The fourth-order valence-electron chi connectivity index (χ4n) is 4.51. The Hall–Kier alpha value is -3.41. The molecule has 5 rings (SSSR count). The Morgan fingerprint density at radius 3 is 2.57 bits per heavy atom. The van der Waals surface area contributed by atoms with Crippen LogP contribution >= 0.6 is 11.6 Å². The molecule has 5 aromatic rings. The highest BCUT2D eigenvalue weighted by Crippen LogP contribution is 2.34. The first-order valence-electron chi connectivity index (χ1n) is 12.0. The summed E-state index contributed by atoms with van der Waals surface area (Å²) in [5, 5.41) is 6.38. The van der Waals surface area contributed by atoms with Crippen molar-refractivity contribution in [3.63, 3.8) is 0 Å². The van der Waals surface area contributed by atoms with Gasteiger partial charge in [-0.05, 0) is 69.4 Å². The van der Waals surface area contributed by atoms with Gasteiger partial charge in [-0.1, -0.05) is 54.1 Å². The van der Waals surface area contributed by atoms with Gasteiger partial charge >= 0.3 is 0 Å². The summed E-state index contributed by atoms with van der Waals surface area (Å²) in [5.74, 6) is 1.58. The van der Waals surface area contributed by atoms with Gasteiger partial charge in [0.1, 0.15) is 5.82 Å². The lowest BCUT2D eigenvalue weighted by Crippen LogP contribution is -2.17. The zero-order valence-corrected chi connectivity index (χ0v) is 21.2. The van der Waals surface area contributed by atoms with E-state index in [1.165, 1.54) is 5.56 Å². The molecule has 178 valence electrons. The molecule has 5 nitrogen and oxygen atoms in total. The molecular weight excluding hydrogens is 454 g/mol. The number of halogens is 1. The minimum absolute atomic E-state index is 0.704. The first-order valence-corrected chi connectivity index (χ1v) is 12.4. The van der Waals surface area contributed by atoms with Gasteiger partial charge in [0, 0.05) is 46.2 Å². The molecule has 3 aromatic carbocycles. The maximum absolute atomic E-state index is 6.44. The van der Waals surface area contributed by atoms with E-state index in [0.29, 0.717) is 10.8 Å². The number of benzene rings is 3. The maximum Gasteiger partial charge on any atom is 0.164 e. The third-order valence-electron chi connectivity index (χ3n) is 6.28. The quantitative estimate of drug-likeness (QED) is 0.252. The second-order valence-electron chi connectivity index (χ2n) is 9.27. The lowest BCUT2D eigenvalue weighted by atomic mass is 10.1. The molecule has 0 spiro atoms. The number of aromatic nitrogens is 3. The predicted octanol–water partition coefficient (Wildman–Crippen LogP) is 6.63. The number of nitrogens with zero attached hydrogens (tertiary/aromatic N) is 4. The average molecular weight is 484 g/mol. The van der Waals surface area contributed by atoms with Crippen LogP contribution in [0.4, 0.5) is 5.82 Å². The standard InChI is InChI=1S/C29H30ClN5/c1-20-9-7-12-23-27(20)32-29(33-28(23)31-15-8-16-34(2)3)25-19-35(18-21-10-5-4-6-11-21)26-14-13-22(30)17-24(25)26/h4-7,9-14,17,19H,8,15-16,18H2,1-3H3,(H,31,32,33). The molecule has 0 saturated heterocycles. The predicted molar refractivity (Wildman–Crippen MR) is 147 cm³/mol. The van der Waals surface area contributed by atoms with Gasteiger partial charge in [0.25, 0.3) is 0 Å². The zero-order valence-electron chi connectivity index (χ0n) is 20.4. The molecule has 0 atom stereocenters. The zero-order chi connectivity index (χ0) is 24.4. The monoisotopic (exact) mass is 483 g/mol. The first-order chi connectivity index (χ1) is 17.0. The average Bonchev–Trinajstić information content (AvgIpc) is 3.20. The van der Waals surface area contributed by atoms with E-state index in [1.807, 2.05) is 18.2 Å². The lowest BCUT2D eigenvalue weighted by Gasteiger charge is -2.13. The van der Waals surface area contributed by atoms with Crippen molar-refractivity contribution in [1.82, 2.24) is 19.4 Å². The number of nitrogens with one attached hydrogen (secondary N) is 1. The molecule has 2 heterocycles. The summed E-state index contributed by atoms with van der Waals surface area (Å²) in [7, 11) is 4.19. The van der Waals surface area contributed by atoms with Crippen LogP contribution < -0.4 is 5.32 Å². The molecule has 1 N–H and O–H groups in total. The third kappa shape index (κ3) is 5.02. The van der Waals surface area contributed by atoms with E-state index in [0.717, 1.165) is 64.8 Å². The van der Waals surface area contributed by atoms with Crippen molar-refractivity contribution in [1.29, 1.82) is 0 Å². The second-order valence-corrected chi connectivity index (χ2v) is 9.70. The van der Waals surface area contributed by atoms with Gasteiger partial charge in [-0.15, -0.1) is 0 Å². The SMILES string of the molecule is Cc1cccc2c(NCCCN(C)C)nc(-c3cn(Cc4ccccc4)c4ccc(Cl)cc34)nc12. The minimum Gasteiger partial charge on any atom is -0.369 e. The van der Waals surface area contributed by atoms with E-state index in [2.05, 4.69) is 90.5 Å². The van der Waals surface area contributed by atoms with Crippen molar-refractivity contribution < 1.29 is 0 Å². The van der Waals surface area contributed by atoms with Crippen LogP contribution in [0.15, 0.2) is 72.9 Å². The molecule has 0 bridgehead atoms. The summed E-state index contributed by atoms with van der Waals surface area (Å²) in [6.07, 6.45) is 3.19. The van der Waals surface area contributed by atoms with Crippen LogP contribution in [0.1, 0.15) is 17.5 Å². The van der Waals surface area contributed by atoms with Crippen molar-refractivity contribution >= 4 is 39.2 Å². The number of para-hydroxylation sites is 1. The summed E-state index contributed by atoms with van der Waals surface area (Å²) in [4.78, 5) is 12.3. The van der Waals surface area contributed by atoms with Crippen LogP contribution in [0, 0.1) is 6.92 Å². The molecule has 0 aliphatic heterocycles. The molecule has 2 aromatic heterocycles. The molecule has 35 heavy (non-hydrogen) atoms. The fourth-order valence-corrected chi connectivity index (χ4v) is 4.68. The Morgan fingerprint density at radius 2 is 1.77 bits per heavy atom. The number of aryl methyl sites for hydroxylation is 1. The molecule has 0 radical (unpaired) electrons. The van der Waals surface area contributed by atoms with Gasteiger partial charge in [-0.3, -0.25) is 0 Å². The van der Waals surface area contributed by atoms with Gasteiger partial charge in [0.15, 0.2) is 5.82 Å². The van der Waals surface area contributed by atoms with E-state index in [-0.39, 0.29) is 0 Å². The summed E-state index contributed by atoms with van der Waals surface area (Å²) in [6.45, 7) is 4.73. The topological polar surface area (TPSA) is 46.0 Å². The van der Waals surface area contributed by atoms with Crippen molar-refractivity contribution in [3.8, 4) is 11.4 Å². The molecule has 0 unspecified atom stereocenters. The fraction of sp³-hybridized carbons (Fsp3) is 0.241. The summed E-state index contributed by atoms with van der Waals surface area (Å²) >= 11 is 6.44. The van der Waals surface area contributed by atoms with Crippen molar-refractivity contribution in [2.24, 2.45) is 0 Å². The summed E-state index contributed by atoms with van der Waals surface area (Å²) in [5.41, 5.74) is 5.44. The van der Waals surface area contributed by atoms with Crippen LogP contribution in [0.2, 0.25) is 5.02 Å². The van der Waals surface area contributed by atoms with Crippen LogP contribution in [0.5, 0.6) is 0 Å². The van der Waals surface area contributed by atoms with Gasteiger partial charge in [-0.25, -0.2) is 9.97 Å². The number of hydrogen-bond donors (Lipinski definition) is 1. The molecule has 6 heteroatoms. The number of rotatable bonds is 8.